The van der Waals surface area contributed by atoms with Crippen molar-refractivity contribution in [2.24, 2.45) is 5.92 Å². The molecule has 1 amide bonds. The van der Waals surface area contributed by atoms with E-state index < -0.39 is 0 Å². The number of halogens is 1. The molecule has 1 aliphatic heterocycles. The highest BCUT2D eigenvalue weighted by molar-refractivity contribution is 6.02. The number of nitrogens with one attached hydrogen (secondary N) is 1. The van der Waals surface area contributed by atoms with Gasteiger partial charge in [-0.25, -0.2) is 4.39 Å². The molecular weight excluding hydrogens is 229 g/mol. The number of anilines is 1. The molecule has 18 heavy (non-hydrogen) atoms. The van der Waals surface area contributed by atoms with E-state index in [2.05, 4.69) is 5.32 Å². The second-order valence-corrected chi connectivity index (χ2v) is 5.51. The normalized spacial score (nSPS) is 23.8. The lowest BCUT2D eigenvalue weighted by Gasteiger charge is -2.23. The summed E-state index contributed by atoms with van der Waals surface area (Å²) in [5.41, 5.74) is 1.65. The fraction of sp³-hybridized carbons (Fsp3) is 0.533. The second-order valence-electron chi connectivity index (χ2n) is 5.51. The molecule has 2 nitrogen and oxygen atoms in total. The van der Waals surface area contributed by atoms with Crippen molar-refractivity contribution in [3.8, 4) is 0 Å². The van der Waals surface area contributed by atoms with Crippen LogP contribution in [0.3, 0.4) is 0 Å². The lowest BCUT2D eigenvalue weighted by molar-refractivity contribution is -0.117. The molecule has 0 bridgehead atoms. The Morgan fingerprint density at radius 3 is 2.78 bits per heavy atom. The Balaban J connectivity index is 1.80. The maximum atomic E-state index is 13.3. The predicted octanol–water partition coefficient (Wildman–Crippen LogP) is 3.83. The van der Waals surface area contributed by atoms with Gasteiger partial charge in [0.15, 0.2) is 0 Å². The van der Waals surface area contributed by atoms with Crippen LogP contribution in [0.25, 0.3) is 0 Å². The van der Waals surface area contributed by atoms with Gasteiger partial charge in [0, 0.05) is 5.69 Å². The number of rotatable bonds is 2. The van der Waals surface area contributed by atoms with Crippen molar-refractivity contribution < 1.29 is 9.18 Å². The average Bonchev–Trinajstić information content (AvgIpc) is 2.67. The Kier molecular flexibility index (Phi) is 3.06. The number of benzene rings is 1. The molecule has 1 saturated carbocycles. The number of carbonyl (C=O) groups is 1. The largest absolute Gasteiger partial charge is 0.325 e. The fourth-order valence-electron chi connectivity index (χ4n) is 3.29. The first-order valence-corrected chi connectivity index (χ1v) is 6.84. The molecule has 2 aliphatic rings. The first-order chi connectivity index (χ1) is 8.74. The SMILES string of the molecule is O=C1Nc2ccc(F)cc2C1CC1CCCCC1. The van der Waals surface area contributed by atoms with E-state index in [1.165, 1.54) is 44.2 Å². The summed E-state index contributed by atoms with van der Waals surface area (Å²) in [7, 11) is 0. The predicted molar refractivity (Wildman–Crippen MR) is 69.0 cm³/mol. The number of fused-ring (bicyclic) bond motifs is 1. The minimum absolute atomic E-state index is 0.0428. The van der Waals surface area contributed by atoms with Crippen LogP contribution in [0.4, 0.5) is 10.1 Å². The zero-order valence-corrected chi connectivity index (χ0v) is 10.4. The van der Waals surface area contributed by atoms with E-state index in [0.29, 0.717) is 5.92 Å². The van der Waals surface area contributed by atoms with Crippen molar-refractivity contribution in [2.75, 3.05) is 5.32 Å². The van der Waals surface area contributed by atoms with Crippen molar-refractivity contribution in [2.45, 2.75) is 44.4 Å². The number of hydrogen-bond acceptors (Lipinski definition) is 1. The Morgan fingerprint density at radius 2 is 2.00 bits per heavy atom. The zero-order chi connectivity index (χ0) is 12.5. The summed E-state index contributed by atoms with van der Waals surface area (Å²) >= 11 is 0. The van der Waals surface area contributed by atoms with Crippen molar-refractivity contribution in [3.63, 3.8) is 0 Å². The van der Waals surface area contributed by atoms with Gasteiger partial charge in [-0.15, -0.1) is 0 Å². The van der Waals surface area contributed by atoms with Crippen molar-refractivity contribution in [1.29, 1.82) is 0 Å². The lowest BCUT2D eigenvalue weighted by Crippen LogP contribution is -2.17. The zero-order valence-electron chi connectivity index (χ0n) is 10.4. The topological polar surface area (TPSA) is 29.1 Å². The van der Waals surface area contributed by atoms with Crippen LogP contribution in [-0.4, -0.2) is 5.91 Å². The van der Waals surface area contributed by atoms with Gasteiger partial charge in [0.05, 0.1) is 5.92 Å². The molecule has 0 spiro atoms. The highest BCUT2D eigenvalue weighted by Gasteiger charge is 2.33. The second kappa shape index (κ2) is 4.71. The lowest BCUT2D eigenvalue weighted by atomic mass is 9.81. The molecule has 1 heterocycles. The molecule has 1 aromatic carbocycles. The van der Waals surface area contributed by atoms with Gasteiger partial charge in [0.1, 0.15) is 5.82 Å². The molecule has 0 aromatic heterocycles. The molecule has 0 radical (unpaired) electrons. The Labute approximate surface area is 107 Å². The first-order valence-electron chi connectivity index (χ1n) is 6.84. The monoisotopic (exact) mass is 247 g/mol. The Morgan fingerprint density at radius 1 is 1.22 bits per heavy atom. The van der Waals surface area contributed by atoms with Crippen LogP contribution >= 0.6 is 0 Å². The van der Waals surface area contributed by atoms with E-state index in [1.807, 2.05) is 0 Å². The molecule has 1 atom stereocenters. The summed E-state index contributed by atoms with van der Waals surface area (Å²) in [6.07, 6.45) is 7.17. The summed E-state index contributed by atoms with van der Waals surface area (Å²) in [4.78, 5) is 12.0. The number of hydrogen-bond donors (Lipinski definition) is 1. The van der Waals surface area contributed by atoms with Gasteiger partial charge < -0.3 is 5.32 Å². The molecule has 1 aliphatic carbocycles. The number of carbonyl (C=O) groups excluding carboxylic acids is 1. The smallest absolute Gasteiger partial charge is 0.232 e. The maximum Gasteiger partial charge on any atom is 0.232 e. The Hall–Kier alpha value is -1.38. The van der Waals surface area contributed by atoms with Crippen LogP contribution in [0.2, 0.25) is 0 Å². The molecule has 1 aromatic rings. The molecule has 3 heteroatoms. The van der Waals surface area contributed by atoms with Gasteiger partial charge in [-0.3, -0.25) is 4.79 Å². The van der Waals surface area contributed by atoms with Crippen molar-refractivity contribution in [1.82, 2.24) is 0 Å². The highest BCUT2D eigenvalue weighted by atomic mass is 19.1. The Bertz CT molecular complexity index is 466. The van der Waals surface area contributed by atoms with E-state index >= 15 is 0 Å². The van der Waals surface area contributed by atoms with Gasteiger partial charge in [0.2, 0.25) is 5.91 Å². The third-order valence-corrected chi connectivity index (χ3v) is 4.26. The maximum absolute atomic E-state index is 13.3. The molecule has 96 valence electrons. The van der Waals surface area contributed by atoms with E-state index in [0.717, 1.165) is 17.7 Å². The van der Waals surface area contributed by atoms with Crippen molar-refractivity contribution >= 4 is 11.6 Å². The van der Waals surface area contributed by atoms with Crippen LogP contribution in [-0.2, 0) is 4.79 Å². The average molecular weight is 247 g/mol. The highest BCUT2D eigenvalue weighted by Crippen LogP contribution is 2.40. The van der Waals surface area contributed by atoms with Gasteiger partial charge in [-0.1, -0.05) is 32.1 Å². The van der Waals surface area contributed by atoms with E-state index in [9.17, 15) is 9.18 Å². The summed E-state index contributed by atoms with van der Waals surface area (Å²) in [5, 5.41) is 2.86. The molecule has 3 rings (SSSR count). The van der Waals surface area contributed by atoms with Crippen LogP contribution in [0.5, 0.6) is 0 Å². The molecule has 0 saturated heterocycles. The van der Waals surface area contributed by atoms with Gasteiger partial charge in [-0.2, -0.15) is 0 Å². The van der Waals surface area contributed by atoms with E-state index in [1.54, 1.807) is 6.07 Å². The van der Waals surface area contributed by atoms with Crippen LogP contribution in [0.15, 0.2) is 18.2 Å². The summed E-state index contributed by atoms with van der Waals surface area (Å²) in [6.45, 7) is 0. The van der Waals surface area contributed by atoms with E-state index in [-0.39, 0.29) is 17.6 Å². The van der Waals surface area contributed by atoms with Crippen LogP contribution in [0, 0.1) is 11.7 Å². The summed E-state index contributed by atoms with van der Waals surface area (Å²) in [6, 6.07) is 4.59. The number of amides is 1. The summed E-state index contributed by atoms with van der Waals surface area (Å²) in [5.74, 6) is 0.280. The molecule has 1 N–H and O–H groups in total. The molecule has 1 unspecified atom stereocenters. The minimum atomic E-state index is -0.251. The van der Waals surface area contributed by atoms with Gasteiger partial charge >= 0.3 is 0 Å². The first kappa shape index (κ1) is 11.7. The van der Waals surface area contributed by atoms with E-state index in [4.69, 9.17) is 0 Å². The standard InChI is InChI=1S/C15H18FNO/c16-11-6-7-14-12(9-11)13(15(18)17-14)8-10-4-2-1-3-5-10/h6-7,9-10,13H,1-5,8H2,(H,17,18). The third kappa shape index (κ3) is 2.14. The van der Waals surface area contributed by atoms with Crippen molar-refractivity contribution in [3.05, 3.63) is 29.6 Å². The molecule has 1 fully saturated rings. The van der Waals surface area contributed by atoms with Crippen LogP contribution < -0.4 is 5.32 Å². The summed E-state index contributed by atoms with van der Waals surface area (Å²) < 4.78 is 13.3. The van der Waals surface area contributed by atoms with Crippen LogP contribution in [0.1, 0.15) is 50.0 Å². The minimum Gasteiger partial charge on any atom is -0.325 e. The van der Waals surface area contributed by atoms with Gasteiger partial charge in [-0.05, 0) is 36.1 Å². The fourth-order valence-corrected chi connectivity index (χ4v) is 3.29. The van der Waals surface area contributed by atoms with Gasteiger partial charge in [0.25, 0.3) is 0 Å². The molecular formula is C15H18FNO. The quantitative estimate of drug-likeness (QED) is 0.845. The third-order valence-electron chi connectivity index (χ3n) is 4.26.